The van der Waals surface area contributed by atoms with Gasteiger partial charge in [0.05, 0.1) is 10.2 Å². The summed E-state index contributed by atoms with van der Waals surface area (Å²) >= 11 is 1.68. The summed E-state index contributed by atoms with van der Waals surface area (Å²) < 4.78 is 1.12. The van der Waals surface area contributed by atoms with Crippen LogP contribution in [0.15, 0.2) is 48.5 Å². The lowest BCUT2D eigenvalue weighted by atomic mass is 10.2. The fraction of sp³-hybridized carbons (Fsp3) is 0. The zero-order valence-electron chi connectivity index (χ0n) is 7.97. The van der Waals surface area contributed by atoms with Crippen LogP contribution in [0.1, 0.15) is 0 Å². The van der Waals surface area contributed by atoms with Gasteiger partial charge in [-0.2, -0.15) is 0 Å². The van der Waals surface area contributed by atoms with Crippen LogP contribution in [0, 0.1) is 6.07 Å². The molecule has 3 aromatic rings. The van der Waals surface area contributed by atoms with Gasteiger partial charge in [0, 0.05) is 11.6 Å². The van der Waals surface area contributed by atoms with Crippen molar-refractivity contribution in [2.45, 2.75) is 0 Å². The minimum Gasteiger partial charge on any atom is -0.236 e. The SMILES string of the molecule is [c]1cccc2nc(-c3ccccc3)sc12. The average Bonchev–Trinajstić information content (AvgIpc) is 2.74. The van der Waals surface area contributed by atoms with Crippen molar-refractivity contribution < 1.29 is 0 Å². The molecule has 0 saturated heterocycles. The summed E-state index contributed by atoms with van der Waals surface area (Å²) in [6.07, 6.45) is 0. The second-order valence-electron chi connectivity index (χ2n) is 3.27. The van der Waals surface area contributed by atoms with Crippen LogP contribution in [0.3, 0.4) is 0 Å². The number of hydrogen-bond acceptors (Lipinski definition) is 2. The van der Waals surface area contributed by atoms with Gasteiger partial charge < -0.3 is 0 Å². The maximum Gasteiger partial charge on any atom is 0.124 e. The van der Waals surface area contributed by atoms with Gasteiger partial charge in [-0.15, -0.1) is 11.3 Å². The molecular weight excluding hydrogens is 202 g/mol. The Morgan fingerprint density at radius 2 is 1.87 bits per heavy atom. The van der Waals surface area contributed by atoms with Crippen LogP contribution in [0.2, 0.25) is 0 Å². The Balaban J connectivity index is 2.21. The van der Waals surface area contributed by atoms with Crippen LogP contribution in [-0.2, 0) is 0 Å². The molecule has 0 amide bonds. The van der Waals surface area contributed by atoms with Gasteiger partial charge >= 0.3 is 0 Å². The standard InChI is InChI=1S/C13H8NS/c1-2-6-10(7-3-1)13-14-11-8-4-5-9-12(11)15-13/h1-8H. The van der Waals surface area contributed by atoms with Gasteiger partial charge in [-0.3, -0.25) is 0 Å². The molecule has 2 heteroatoms. The number of aromatic nitrogens is 1. The van der Waals surface area contributed by atoms with Gasteiger partial charge in [0.2, 0.25) is 0 Å². The molecule has 1 heterocycles. The molecule has 0 N–H and O–H groups in total. The molecule has 0 spiro atoms. The van der Waals surface area contributed by atoms with E-state index in [-0.39, 0.29) is 0 Å². The predicted molar refractivity (Wildman–Crippen MR) is 63.9 cm³/mol. The minimum atomic E-state index is 1.03. The third kappa shape index (κ3) is 1.53. The fourth-order valence-electron chi connectivity index (χ4n) is 1.52. The van der Waals surface area contributed by atoms with Crippen LogP contribution in [0.5, 0.6) is 0 Å². The molecule has 0 aliphatic heterocycles. The number of benzene rings is 2. The van der Waals surface area contributed by atoms with Gasteiger partial charge in [0.15, 0.2) is 0 Å². The van der Waals surface area contributed by atoms with Crippen molar-refractivity contribution in [2.24, 2.45) is 0 Å². The third-order valence-corrected chi connectivity index (χ3v) is 3.29. The predicted octanol–water partition coefficient (Wildman–Crippen LogP) is 3.76. The average molecular weight is 210 g/mol. The molecule has 0 atom stereocenters. The first-order valence-electron chi connectivity index (χ1n) is 4.76. The third-order valence-electron chi connectivity index (χ3n) is 2.24. The zero-order valence-corrected chi connectivity index (χ0v) is 8.79. The van der Waals surface area contributed by atoms with Crippen molar-refractivity contribution in [3.63, 3.8) is 0 Å². The molecule has 0 aliphatic carbocycles. The van der Waals surface area contributed by atoms with Gasteiger partial charge in [0.25, 0.3) is 0 Å². The Labute approximate surface area is 92.0 Å². The fourth-order valence-corrected chi connectivity index (χ4v) is 2.45. The lowest BCUT2D eigenvalue weighted by molar-refractivity contribution is 1.48. The highest BCUT2D eigenvalue weighted by atomic mass is 32.1. The topological polar surface area (TPSA) is 12.9 Å². The molecule has 0 saturated carbocycles. The van der Waals surface area contributed by atoms with E-state index in [9.17, 15) is 0 Å². The Bertz CT molecular complexity index is 551. The van der Waals surface area contributed by atoms with Gasteiger partial charge in [-0.1, -0.05) is 42.5 Å². The monoisotopic (exact) mass is 210 g/mol. The molecule has 15 heavy (non-hydrogen) atoms. The van der Waals surface area contributed by atoms with E-state index in [1.807, 2.05) is 36.4 Å². The first-order valence-corrected chi connectivity index (χ1v) is 5.58. The summed E-state index contributed by atoms with van der Waals surface area (Å²) in [5.41, 5.74) is 2.20. The summed E-state index contributed by atoms with van der Waals surface area (Å²) in [5.74, 6) is 0. The molecule has 1 nitrogen and oxygen atoms in total. The highest BCUT2D eigenvalue weighted by Crippen LogP contribution is 2.29. The highest BCUT2D eigenvalue weighted by molar-refractivity contribution is 7.21. The summed E-state index contributed by atoms with van der Waals surface area (Å²) in [6, 6.07) is 19.4. The Kier molecular flexibility index (Phi) is 2.00. The van der Waals surface area contributed by atoms with E-state index in [1.165, 1.54) is 5.56 Å². The highest BCUT2D eigenvalue weighted by Gasteiger charge is 2.04. The van der Waals surface area contributed by atoms with E-state index in [4.69, 9.17) is 0 Å². The molecular formula is C13H8NS. The van der Waals surface area contributed by atoms with Crippen molar-refractivity contribution in [2.75, 3.05) is 0 Å². The number of rotatable bonds is 1. The maximum absolute atomic E-state index is 4.57. The molecule has 0 fully saturated rings. The number of nitrogens with zero attached hydrogens (tertiary/aromatic N) is 1. The van der Waals surface area contributed by atoms with Gasteiger partial charge in [0.1, 0.15) is 5.01 Å². The lowest BCUT2D eigenvalue weighted by Gasteiger charge is -1.92. The molecule has 0 bridgehead atoms. The largest absolute Gasteiger partial charge is 0.236 e. The van der Waals surface area contributed by atoms with Crippen LogP contribution in [0.4, 0.5) is 0 Å². The van der Waals surface area contributed by atoms with Crippen molar-refractivity contribution in [1.82, 2.24) is 4.98 Å². The summed E-state index contributed by atoms with van der Waals surface area (Å²) in [7, 11) is 0. The molecule has 0 aliphatic rings. The Hall–Kier alpha value is -1.67. The van der Waals surface area contributed by atoms with Crippen LogP contribution in [0.25, 0.3) is 20.8 Å². The molecule has 3 rings (SSSR count). The van der Waals surface area contributed by atoms with Crippen molar-refractivity contribution in [3.05, 3.63) is 54.6 Å². The quantitative estimate of drug-likeness (QED) is 0.596. The number of fused-ring (bicyclic) bond motifs is 1. The maximum atomic E-state index is 4.57. The Morgan fingerprint density at radius 3 is 2.67 bits per heavy atom. The van der Waals surface area contributed by atoms with Crippen LogP contribution in [-0.4, -0.2) is 4.98 Å². The molecule has 0 unspecified atom stereocenters. The normalized spacial score (nSPS) is 10.7. The molecule has 1 radical (unpaired) electrons. The number of hydrogen-bond donors (Lipinski definition) is 0. The minimum absolute atomic E-state index is 1.03. The van der Waals surface area contributed by atoms with Gasteiger partial charge in [-0.25, -0.2) is 4.98 Å². The van der Waals surface area contributed by atoms with Crippen molar-refractivity contribution >= 4 is 21.6 Å². The number of thiazole rings is 1. The summed E-state index contributed by atoms with van der Waals surface area (Å²) in [6.45, 7) is 0. The van der Waals surface area contributed by atoms with E-state index >= 15 is 0 Å². The smallest absolute Gasteiger partial charge is 0.124 e. The first kappa shape index (κ1) is 8.62. The van der Waals surface area contributed by atoms with E-state index in [0.29, 0.717) is 0 Å². The Morgan fingerprint density at radius 1 is 1.00 bits per heavy atom. The molecule has 2 aromatic carbocycles. The summed E-state index contributed by atoms with van der Waals surface area (Å²) in [5, 5.41) is 1.06. The second kappa shape index (κ2) is 3.48. The van der Waals surface area contributed by atoms with Crippen molar-refractivity contribution in [3.8, 4) is 10.6 Å². The van der Waals surface area contributed by atoms with Crippen molar-refractivity contribution in [1.29, 1.82) is 0 Å². The zero-order chi connectivity index (χ0) is 10.1. The van der Waals surface area contributed by atoms with E-state index < -0.39 is 0 Å². The first-order chi connectivity index (χ1) is 7.43. The van der Waals surface area contributed by atoms with Crippen LogP contribution < -0.4 is 0 Å². The van der Waals surface area contributed by atoms with E-state index in [0.717, 1.165) is 15.2 Å². The lowest BCUT2D eigenvalue weighted by Crippen LogP contribution is -1.73. The second-order valence-corrected chi connectivity index (χ2v) is 4.27. The van der Waals surface area contributed by atoms with E-state index in [1.54, 1.807) is 11.3 Å². The molecule has 71 valence electrons. The van der Waals surface area contributed by atoms with E-state index in [2.05, 4.69) is 23.2 Å². The van der Waals surface area contributed by atoms with Crippen LogP contribution >= 0.6 is 11.3 Å². The summed E-state index contributed by atoms with van der Waals surface area (Å²) in [4.78, 5) is 4.57. The van der Waals surface area contributed by atoms with Gasteiger partial charge in [-0.05, 0) is 6.07 Å². The molecule has 1 aromatic heterocycles.